The Morgan fingerprint density at radius 2 is 2.42 bits per heavy atom. The minimum absolute atomic E-state index is 0.727. The molecule has 0 aliphatic rings. The molecule has 1 aromatic rings. The summed E-state index contributed by atoms with van der Waals surface area (Å²) in [4.78, 5) is 12.4. The first-order valence-corrected chi connectivity index (χ1v) is 4.59. The van der Waals surface area contributed by atoms with E-state index in [1.165, 1.54) is 16.2 Å². The van der Waals surface area contributed by atoms with Crippen LogP contribution in [-0.2, 0) is 11.2 Å². The summed E-state index contributed by atoms with van der Waals surface area (Å²) in [5, 5.41) is 10.4. The number of carbonyl (C=O) groups is 1. The van der Waals surface area contributed by atoms with Gasteiger partial charge in [-0.05, 0) is 18.6 Å². The fraction of sp³-hybridized carbons (Fsp3) is 0.375. The van der Waals surface area contributed by atoms with E-state index in [9.17, 15) is 9.90 Å². The maximum absolute atomic E-state index is 10.4. The first-order chi connectivity index (χ1) is 5.65. The average molecular weight is 185 g/mol. The number of thiophene rings is 1. The van der Waals surface area contributed by atoms with Crippen molar-refractivity contribution < 1.29 is 15.6 Å². The van der Waals surface area contributed by atoms with Crippen molar-refractivity contribution in [1.82, 2.24) is 0 Å². The predicted octanol–water partition coefficient (Wildman–Crippen LogP) is -0.657. The second-order valence-electron chi connectivity index (χ2n) is 2.53. The highest BCUT2D eigenvalue weighted by molar-refractivity contribution is 7.12. The third-order valence-electron chi connectivity index (χ3n) is 1.66. The molecular formula is C8H11NO2S. The van der Waals surface area contributed by atoms with Crippen LogP contribution in [0.4, 0.5) is 0 Å². The van der Waals surface area contributed by atoms with E-state index in [1.54, 1.807) is 6.07 Å². The average Bonchev–Trinajstić information content (AvgIpc) is 2.50. The Labute approximate surface area is 74.8 Å². The van der Waals surface area contributed by atoms with Crippen molar-refractivity contribution in [3.63, 3.8) is 0 Å². The van der Waals surface area contributed by atoms with E-state index in [4.69, 9.17) is 0 Å². The Morgan fingerprint density at radius 1 is 1.75 bits per heavy atom. The predicted molar refractivity (Wildman–Crippen MR) is 44.3 cm³/mol. The third kappa shape index (κ3) is 1.84. The van der Waals surface area contributed by atoms with Gasteiger partial charge in [-0.2, -0.15) is 0 Å². The molecule has 12 heavy (non-hydrogen) atoms. The lowest BCUT2D eigenvalue weighted by molar-refractivity contribution is -0.442. The van der Waals surface area contributed by atoms with Crippen LogP contribution in [0.1, 0.15) is 22.7 Å². The molecule has 0 unspecified atom stereocenters. The molecule has 1 atom stereocenters. The SMILES string of the molecule is CCc1ccc([C@H]([NH3+])C(=O)[O-])s1. The van der Waals surface area contributed by atoms with E-state index in [0.717, 1.165) is 11.3 Å². The number of carboxylic acid groups (broad SMARTS) is 1. The number of hydrogen-bond donors (Lipinski definition) is 1. The van der Waals surface area contributed by atoms with Gasteiger partial charge in [0.15, 0.2) is 6.04 Å². The van der Waals surface area contributed by atoms with Crippen molar-refractivity contribution >= 4 is 17.3 Å². The topological polar surface area (TPSA) is 67.8 Å². The number of carboxylic acids is 1. The summed E-state index contributed by atoms with van der Waals surface area (Å²) in [6.45, 7) is 2.03. The van der Waals surface area contributed by atoms with E-state index in [0.29, 0.717) is 0 Å². The Balaban J connectivity index is 2.81. The zero-order chi connectivity index (χ0) is 9.14. The largest absolute Gasteiger partial charge is 0.544 e. The van der Waals surface area contributed by atoms with Crippen molar-refractivity contribution in [1.29, 1.82) is 0 Å². The number of quaternary nitrogens is 1. The van der Waals surface area contributed by atoms with Crippen molar-refractivity contribution in [2.75, 3.05) is 0 Å². The van der Waals surface area contributed by atoms with Crippen LogP contribution in [0, 0.1) is 0 Å². The van der Waals surface area contributed by atoms with Crippen molar-refractivity contribution in [3.05, 3.63) is 21.9 Å². The van der Waals surface area contributed by atoms with Gasteiger partial charge in [-0.15, -0.1) is 11.3 Å². The molecule has 1 aromatic heterocycles. The number of hydrogen-bond acceptors (Lipinski definition) is 3. The van der Waals surface area contributed by atoms with Gasteiger partial charge in [0.1, 0.15) is 5.97 Å². The van der Waals surface area contributed by atoms with Crippen LogP contribution in [0.15, 0.2) is 12.1 Å². The molecule has 0 radical (unpaired) electrons. The van der Waals surface area contributed by atoms with E-state index in [1.807, 2.05) is 13.0 Å². The summed E-state index contributed by atoms with van der Waals surface area (Å²) >= 11 is 1.49. The lowest BCUT2D eigenvalue weighted by Gasteiger charge is -2.05. The summed E-state index contributed by atoms with van der Waals surface area (Å²) in [7, 11) is 0. The van der Waals surface area contributed by atoms with Crippen LogP contribution in [-0.4, -0.2) is 5.97 Å². The van der Waals surface area contributed by atoms with Crippen molar-refractivity contribution in [3.8, 4) is 0 Å². The molecule has 0 aliphatic carbocycles. The molecule has 1 heterocycles. The zero-order valence-corrected chi connectivity index (χ0v) is 7.69. The highest BCUT2D eigenvalue weighted by atomic mass is 32.1. The molecule has 0 amide bonds. The van der Waals surface area contributed by atoms with Crippen LogP contribution >= 0.6 is 11.3 Å². The molecular weight excluding hydrogens is 174 g/mol. The van der Waals surface area contributed by atoms with E-state index >= 15 is 0 Å². The van der Waals surface area contributed by atoms with Crippen LogP contribution in [0.3, 0.4) is 0 Å². The fourth-order valence-electron chi connectivity index (χ4n) is 0.888. The highest BCUT2D eigenvalue weighted by Gasteiger charge is 2.12. The smallest absolute Gasteiger partial charge is 0.159 e. The number of aliphatic carboxylic acids is 1. The summed E-state index contributed by atoms with van der Waals surface area (Å²) < 4.78 is 0. The molecule has 0 saturated heterocycles. The summed E-state index contributed by atoms with van der Waals surface area (Å²) in [6.07, 6.45) is 0.935. The first kappa shape index (κ1) is 9.22. The van der Waals surface area contributed by atoms with Crippen LogP contribution in [0.5, 0.6) is 0 Å². The van der Waals surface area contributed by atoms with E-state index < -0.39 is 12.0 Å². The monoisotopic (exact) mass is 185 g/mol. The molecule has 1 rings (SSSR count). The molecule has 3 nitrogen and oxygen atoms in total. The van der Waals surface area contributed by atoms with Crippen LogP contribution < -0.4 is 10.8 Å². The maximum Gasteiger partial charge on any atom is 0.159 e. The summed E-state index contributed by atoms with van der Waals surface area (Å²) in [6, 6.07) is 3.01. The van der Waals surface area contributed by atoms with E-state index in [2.05, 4.69) is 5.73 Å². The molecule has 3 N–H and O–H groups in total. The van der Waals surface area contributed by atoms with Crippen LogP contribution in [0.25, 0.3) is 0 Å². The highest BCUT2D eigenvalue weighted by Crippen LogP contribution is 2.20. The molecule has 0 bridgehead atoms. The first-order valence-electron chi connectivity index (χ1n) is 3.77. The number of aryl methyl sites for hydroxylation is 1. The summed E-state index contributed by atoms with van der Waals surface area (Å²) in [5.41, 5.74) is 3.50. The Hall–Kier alpha value is -0.870. The standard InChI is InChI=1S/C8H11NO2S/c1-2-5-3-4-6(12-5)7(9)8(10)11/h3-4,7H,2,9H2,1H3,(H,10,11)/t7-/m0/s1. The fourth-order valence-corrected chi connectivity index (χ4v) is 1.85. The number of rotatable bonds is 3. The normalized spacial score (nSPS) is 12.8. The maximum atomic E-state index is 10.4. The van der Waals surface area contributed by atoms with Gasteiger partial charge in [-0.3, -0.25) is 0 Å². The van der Waals surface area contributed by atoms with Gasteiger partial charge in [0.25, 0.3) is 0 Å². The second-order valence-corrected chi connectivity index (χ2v) is 3.73. The molecule has 4 heteroatoms. The lowest BCUT2D eigenvalue weighted by atomic mass is 10.2. The quantitative estimate of drug-likeness (QED) is 0.679. The molecule has 0 saturated carbocycles. The third-order valence-corrected chi connectivity index (χ3v) is 3.00. The minimum Gasteiger partial charge on any atom is -0.544 e. The zero-order valence-electron chi connectivity index (χ0n) is 6.87. The molecule has 0 spiro atoms. The van der Waals surface area contributed by atoms with Gasteiger partial charge >= 0.3 is 0 Å². The van der Waals surface area contributed by atoms with Gasteiger partial charge in [0, 0.05) is 4.88 Å². The molecule has 0 aromatic carbocycles. The van der Waals surface area contributed by atoms with Crippen molar-refractivity contribution in [2.45, 2.75) is 19.4 Å². The lowest BCUT2D eigenvalue weighted by Crippen LogP contribution is -2.60. The Kier molecular flexibility index (Phi) is 2.83. The van der Waals surface area contributed by atoms with Gasteiger partial charge in [-0.1, -0.05) is 6.92 Å². The van der Waals surface area contributed by atoms with Crippen LogP contribution in [0.2, 0.25) is 0 Å². The molecule has 0 aliphatic heterocycles. The Morgan fingerprint density at radius 3 is 2.83 bits per heavy atom. The summed E-state index contributed by atoms with van der Waals surface area (Å²) in [5.74, 6) is -1.11. The van der Waals surface area contributed by atoms with Gasteiger partial charge in [-0.25, -0.2) is 0 Å². The van der Waals surface area contributed by atoms with Crippen molar-refractivity contribution in [2.24, 2.45) is 0 Å². The second kappa shape index (κ2) is 3.69. The van der Waals surface area contributed by atoms with E-state index in [-0.39, 0.29) is 0 Å². The minimum atomic E-state index is -1.11. The number of carbonyl (C=O) groups excluding carboxylic acids is 1. The van der Waals surface area contributed by atoms with Gasteiger partial charge in [0.05, 0.1) is 4.88 Å². The van der Waals surface area contributed by atoms with Gasteiger partial charge in [0.2, 0.25) is 0 Å². The van der Waals surface area contributed by atoms with Gasteiger partial charge < -0.3 is 15.6 Å². The molecule has 66 valence electrons. The Bertz CT molecular complexity index is 282. The molecule has 0 fully saturated rings.